The van der Waals surface area contributed by atoms with Crippen molar-refractivity contribution in [1.82, 2.24) is 5.32 Å². The Labute approximate surface area is 108 Å². The van der Waals surface area contributed by atoms with Crippen LogP contribution in [-0.4, -0.2) is 6.54 Å². The van der Waals surface area contributed by atoms with Crippen LogP contribution in [0.15, 0.2) is 35.0 Å². The first kappa shape index (κ1) is 12.3. The van der Waals surface area contributed by atoms with E-state index in [1.54, 1.807) is 11.3 Å². The van der Waals surface area contributed by atoms with Gasteiger partial charge in [-0.05, 0) is 53.9 Å². The summed E-state index contributed by atoms with van der Waals surface area (Å²) >= 11 is 1.76. The fraction of sp³-hybridized carbons (Fsp3) is 0.333. The van der Waals surface area contributed by atoms with Crippen molar-refractivity contribution in [3.63, 3.8) is 0 Å². The van der Waals surface area contributed by atoms with Gasteiger partial charge < -0.3 is 5.32 Å². The molecule has 0 aliphatic rings. The molecule has 0 bridgehead atoms. The molecule has 1 unspecified atom stereocenters. The van der Waals surface area contributed by atoms with Gasteiger partial charge in [0.05, 0.1) is 6.04 Å². The molecule has 0 aliphatic carbocycles. The van der Waals surface area contributed by atoms with Crippen molar-refractivity contribution in [3.8, 4) is 0 Å². The number of benzene rings is 1. The van der Waals surface area contributed by atoms with Gasteiger partial charge in [0.25, 0.3) is 0 Å². The molecule has 1 aromatic heterocycles. The average molecular weight is 245 g/mol. The SMILES string of the molecule is CCNC(c1ccsc1)c1cc(C)ccc1C. The smallest absolute Gasteiger partial charge is 0.0587 e. The van der Waals surface area contributed by atoms with Gasteiger partial charge in [-0.3, -0.25) is 0 Å². The molecular formula is C15H19NS. The molecule has 1 heterocycles. The minimum atomic E-state index is 0.325. The second-order valence-corrected chi connectivity index (χ2v) is 5.19. The van der Waals surface area contributed by atoms with E-state index in [0.717, 1.165) is 6.54 Å². The van der Waals surface area contributed by atoms with Gasteiger partial charge in [0.1, 0.15) is 0 Å². The van der Waals surface area contributed by atoms with E-state index in [2.05, 4.69) is 61.1 Å². The number of thiophene rings is 1. The lowest BCUT2D eigenvalue weighted by Gasteiger charge is -2.20. The van der Waals surface area contributed by atoms with Gasteiger partial charge in [0.15, 0.2) is 0 Å². The van der Waals surface area contributed by atoms with Crippen molar-refractivity contribution in [1.29, 1.82) is 0 Å². The van der Waals surface area contributed by atoms with Gasteiger partial charge in [-0.1, -0.05) is 30.7 Å². The van der Waals surface area contributed by atoms with Crippen molar-refractivity contribution in [2.45, 2.75) is 26.8 Å². The summed E-state index contributed by atoms with van der Waals surface area (Å²) in [6.45, 7) is 7.48. The molecule has 1 nitrogen and oxygen atoms in total. The van der Waals surface area contributed by atoms with Crippen LogP contribution in [0.2, 0.25) is 0 Å². The minimum absolute atomic E-state index is 0.325. The van der Waals surface area contributed by atoms with Crippen LogP contribution in [0.1, 0.15) is 35.2 Å². The summed E-state index contributed by atoms with van der Waals surface area (Å²) < 4.78 is 0. The fourth-order valence-electron chi connectivity index (χ4n) is 2.12. The predicted octanol–water partition coefficient (Wildman–Crippen LogP) is 4.06. The van der Waals surface area contributed by atoms with Crippen molar-refractivity contribution < 1.29 is 0 Å². The minimum Gasteiger partial charge on any atom is -0.306 e. The first-order valence-electron chi connectivity index (χ1n) is 6.05. The maximum Gasteiger partial charge on any atom is 0.0587 e. The number of rotatable bonds is 4. The van der Waals surface area contributed by atoms with E-state index in [4.69, 9.17) is 0 Å². The summed E-state index contributed by atoms with van der Waals surface area (Å²) in [4.78, 5) is 0. The van der Waals surface area contributed by atoms with E-state index >= 15 is 0 Å². The summed E-state index contributed by atoms with van der Waals surface area (Å²) in [5.74, 6) is 0. The predicted molar refractivity (Wildman–Crippen MR) is 75.8 cm³/mol. The van der Waals surface area contributed by atoms with E-state index in [-0.39, 0.29) is 0 Å². The molecular weight excluding hydrogens is 226 g/mol. The van der Waals surface area contributed by atoms with Crippen LogP contribution < -0.4 is 5.32 Å². The molecule has 1 aromatic carbocycles. The standard InChI is InChI=1S/C15H19NS/c1-4-16-15(13-7-8-17-10-13)14-9-11(2)5-6-12(14)3/h5-10,15-16H,4H2,1-3H3. The topological polar surface area (TPSA) is 12.0 Å². The molecule has 1 atom stereocenters. The molecule has 0 fully saturated rings. The highest BCUT2D eigenvalue weighted by molar-refractivity contribution is 7.08. The van der Waals surface area contributed by atoms with Gasteiger partial charge in [-0.25, -0.2) is 0 Å². The Kier molecular flexibility index (Phi) is 3.97. The molecule has 2 heteroatoms. The Hall–Kier alpha value is -1.12. The fourth-order valence-corrected chi connectivity index (χ4v) is 2.81. The Morgan fingerprint density at radius 1 is 1.24 bits per heavy atom. The lowest BCUT2D eigenvalue weighted by Crippen LogP contribution is -2.22. The van der Waals surface area contributed by atoms with E-state index in [1.165, 1.54) is 22.3 Å². The molecule has 2 aromatic rings. The zero-order valence-corrected chi connectivity index (χ0v) is 11.5. The maximum atomic E-state index is 3.58. The van der Waals surface area contributed by atoms with Crippen LogP contribution >= 0.6 is 11.3 Å². The summed E-state index contributed by atoms with van der Waals surface area (Å²) in [7, 11) is 0. The summed E-state index contributed by atoms with van der Waals surface area (Å²) in [5.41, 5.74) is 5.44. The normalized spacial score (nSPS) is 12.6. The summed E-state index contributed by atoms with van der Waals surface area (Å²) in [6, 6.07) is 9.21. The molecule has 2 rings (SSSR count). The Morgan fingerprint density at radius 3 is 2.71 bits per heavy atom. The van der Waals surface area contributed by atoms with Gasteiger partial charge in [0.2, 0.25) is 0 Å². The quantitative estimate of drug-likeness (QED) is 0.856. The maximum absolute atomic E-state index is 3.58. The van der Waals surface area contributed by atoms with Crippen LogP contribution in [-0.2, 0) is 0 Å². The molecule has 0 amide bonds. The van der Waals surface area contributed by atoms with Gasteiger partial charge in [-0.15, -0.1) is 0 Å². The molecule has 0 radical (unpaired) electrons. The van der Waals surface area contributed by atoms with E-state index in [9.17, 15) is 0 Å². The monoisotopic (exact) mass is 245 g/mol. The third-order valence-corrected chi connectivity index (χ3v) is 3.73. The highest BCUT2D eigenvalue weighted by Crippen LogP contribution is 2.27. The average Bonchev–Trinajstić information content (AvgIpc) is 2.83. The van der Waals surface area contributed by atoms with E-state index in [0.29, 0.717) is 6.04 Å². The first-order chi connectivity index (χ1) is 8.22. The Morgan fingerprint density at radius 2 is 2.06 bits per heavy atom. The van der Waals surface area contributed by atoms with Gasteiger partial charge >= 0.3 is 0 Å². The Balaban J connectivity index is 2.42. The second-order valence-electron chi connectivity index (χ2n) is 4.41. The third-order valence-electron chi connectivity index (χ3n) is 3.03. The zero-order valence-electron chi connectivity index (χ0n) is 10.7. The number of hydrogen-bond donors (Lipinski definition) is 1. The molecule has 0 spiro atoms. The lowest BCUT2D eigenvalue weighted by molar-refractivity contribution is 0.629. The molecule has 0 saturated carbocycles. The summed E-state index contributed by atoms with van der Waals surface area (Å²) in [5, 5.41) is 7.95. The second kappa shape index (κ2) is 5.48. The van der Waals surface area contributed by atoms with Crippen LogP contribution in [0.25, 0.3) is 0 Å². The Bertz CT molecular complexity index is 474. The van der Waals surface area contributed by atoms with E-state index < -0.39 is 0 Å². The molecule has 17 heavy (non-hydrogen) atoms. The van der Waals surface area contributed by atoms with Crippen molar-refractivity contribution in [3.05, 3.63) is 57.3 Å². The van der Waals surface area contributed by atoms with E-state index in [1.807, 2.05) is 0 Å². The van der Waals surface area contributed by atoms with Gasteiger partial charge in [-0.2, -0.15) is 11.3 Å². The highest BCUT2D eigenvalue weighted by atomic mass is 32.1. The zero-order chi connectivity index (χ0) is 12.3. The number of hydrogen-bond acceptors (Lipinski definition) is 2. The first-order valence-corrected chi connectivity index (χ1v) is 6.99. The lowest BCUT2D eigenvalue weighted by atomic mass is 9.95. The molecule has 0 saturated heterocycles. The van der Waals surface area contributed by atoms with Gasteiger partial charge in [0, 0.05) is 0 Å². The number of aryl methyl sites for hydroxylation is 2. The number of nitrogens with one attached hydrogen (secondary N) is 1. The van der Waals surface area contributed by atoms with Crippen LogP contribution in [0.4, 0.5) is 0 Å². The van der Waals surface area contributed by atoms with Crippen molar-refractivity contribution in [2.75, 3.05) is 6.54 Å². The molecule has 1 N–H and O–H groups in total. The van der Waals surface area contributed by atoms with Crippen LogP contribution in [0.5, 0.6) is 0 Å². The van der Waals surface area contributed by atoms with Crippen LogP contribution in [0.3, 0.4) is 0 Å². The third kappa shape index (κ3) is 2.76. The largest absolute Gasteiger partial charge is 0.306 e. The highest BCUT2D eigenvalue weighted by Gasteiger charge is 2.15. The molecule has 0 aliphatic heterocycles. The van der Waals surface area contributed by atoms with Crippen LogP contribution in [0, 0.1) is 13.8 Å². The summed E-state index contributed by atoms with van der Waals surface area (Å²) in [6.07, 6.45) is 0. The molecule has 90 valence electrons. The van der Waals surface area contributed by atoms with Crippen molar-refractivity contribution >= 4 is 11.3 Å². The van der Waals surface area contributed by atoms with Crippen molar-refractivity contribution in [2.24, 2.45) is 0 Å².